The van der Waals surface area contributed by atoms with Gasteiger partial charge in [-0.15, -0.1) is 0 Å². The van der Waals surface area contributed by atoms with Crippen molar-refractivity contribution in [3.63, 3.8) is 0 Å². The first kappa shape index (κ1) is 25.8. The number of aliphatic hydroxyl groups excluding tert-OH is 1. The molecule has 1 heterocycles. The van der Waals surface area contributed by atoms with E-state index in [2.05, 4.69) is 20.2 Å². The van der Waals surface area contributed by atoms with Crippen molar-refractivity contribution in [2.75, 3.05) is 45.9 Å². The molecule has 1 aromatic heterocycles. The van der Waals surface area contributed by atoms with Crippen LogP contribution in [0.15, 0.2) is 40.5 Å². The normalized spacial score (nSPS) is 12.0. The second-order valence-electron chi connectivity index (χ2n) is 6.28. The van der Waals surface area contributed by atoms with Crippen molar-refractivity contribution in [3.8, 4) is 0 Å². The smallest absolute Gasteiger partial charge is 0.280 e. The number of aromatic nitrogens is 1. The molecular weight excluding hydrogens is 460 g/mol. The fourth-order valence-corrected chi connectivity index (χ4v) is 4.14. The van der Waals surface area contributed by atoms with Gasteiger partial charge >= 0.3 is 0 Å². The summed E-state index contributed by atoms with van der Waals surface area (Å²) in [6, 6.07) is 5.63. The highest BCUT2D eigenvalue weighted by Gasteiger charge is 2.19. The largest absolute Gasteiger partial charge is 0.396 e. The Balaban J connectivity index is 0.00000544. The topological polar surface area (TPSA) is 148 Å². The van der Waals surface area contributed by atoms with Crippen LogP contribution in [-0.4, -0.2) is 70.7 Å². The van der Waals surface area contributed by atoms with E-state index in [0.29, 0.717) is 23.7 Å². The number of aliphatic hydroxyl groups is 1. The molecule has 178 valence electrons. The number of hydrogen-bond donors (Lipinski definition) is 3. The number of ether oxygens (including phenoxy) is 2. The molecule has 2 aromatic rings. The minimum absolute atomic E-state index is 0. The molecule has 0 aliphatic heterocycles. The molecule has 0 aliphatic rings. The predicted octanol–water partition coefficient (Wildman–Crippen LogP) is 1.20. The minimum atomic E-state index is -3.72. The average molecular weight is 489 g/mol. The first-order chi connectivity index (χ1) is 15.4. The highest BCUT2D eigenvalue weighted by Crippen LogP contribution is 2.19. The molecule has 0 saturated heterocycles. The highest BCUT2D eigenvalue weighted by atomic mass is 32.2. The van der Waals surface area contributed by atoms with E-state index in [4.69, 9.17) is 19.4 Å². The van der Waals surface area contributed by atoms with E-state index in [-0.39, 0.29) is 38.4 Å². The zero-order chi connectivity index (χ0) is 23.4. The predicted molar refractivity (Wildman–Crippen MR) is 121 cm³/mol. The molecular formula is C19H28N4O7S2. The van der Waals surface area contributed by atoms with Crippen molar-refractivity contribution >= 4 is 38.1 Å². The van der Waals surface area contributed by atoms with Crippen LogP contribution in [0.5, 0.6) is 0 Å². The zero-order valence-electron chi connectivity index (χ0n) is 17.7. The third-order valence-corrected chi connectivity index (χ3v) is 6.22. The van der Waals surface area contributed by atoms with E-state index in [9.17, 15) is 13.2 Å². The molecule has 2 rings (SSSR count). The Morgan fingerprint density at radius 2 is 1.97 bits per heavy atom. The Morgan fingerprint density at radius 3 is 2.62 bits per heavy atom. The van der Waals surface area contributed by atoms with Crippen molar-refractivity contribution in [2.45, 2.75) is 17.9 Å². The van der Waals surface area contributed by atoms with Crippen molar-refractivity contribution in [2.24, 2.45) is 5.16 Å². The van der Waals surface area contributed by atoms with Gasteiger partial charge < -0.3 is 19.4 Å². The fourth-order valence-electron chi connectivity index (χ4n) is 2.35. The lowest BCUT2D eigenvalue weighted by molar-refractivity contribution is -0.110. The second kappa shape index (κ2) is 13.2. The van der Waals surface area contributed by atoms with E-state index < -0.39 is 15.9 Å². The zero-order valence-corrected chi connectivity index (χ0v) is 19.4. The molecule has 0 bridgehead atoms. The van der Waals surface area contributed by atoms with Crippen LogP contribution in [-0.2, 0) is 35.7 Å². The van der Waals surface area contributed by atoms with Gasteiger partial charge in [0.25, 0.3) is 5.91 Å². The van der Waals surface area contributed by atoms with E-state index in [0.717, 1.165) is 4.88 Å². The van der Waals surface area contributed by atoms with Gasteiger partial charge in [-0.1, -0.05) is 28.6 Å². The lowest BCUT2D eigenvalue weighted by Crippen LogP contribution is -2.27. The van der Waals surface area contributed by atoms with Crippen molar-refractivity contribution < 1.29 is 34.1 Å². The van der Waals surface area contributed by atoms with Gasteiger partial charge in [0.2, 0.25) is 10.0 Å². The minimum Gasteiger partial charge on any atom is -0.396 e. The van der Waals surface area contributed by atoms with Crippen LogP contribution < -0.4 is 10.0 Å². The first-order valence-electron chi connectivity index (χ1n) is 9.56. The Hall–Kier alpha value is -2.42. The number of thiazole rings is 1. The molecule has 11 nitrogen and oxygen atoms in total. The number of sulfonamides is 1. The number of benzene rings is 1. The van der Waals surface area contributed by atoms with E-state index in [1.165, 1.54) is 42.7 Å². The molecule has 32 heavy (non-hydrogen) atoms. The van der Waals surface area contributed by atoms with Crippen LogP contribution in [0.3, 0.4) is 0 Å². The molecule has 0 atom stereocenters. The number of nitrogens with one attached hydrogen (secondary N) is 2. The average Bonchev–Trinajstić information content (AvgIpc) is 3.21. The van der Waals surface area contributed by atoms with Gasteiger partial charge in [0.1, 0.15) is 6.61 Å². The van der Waals surface area contributed by atoms with Gasteiger partial charge in [-0.25, -0.2) is 18.1 Å². The molecule has 1 amide bonds. The lowest BCUT2D eigenvalue weighted by Gasteiger charge is -2.09. The van der Waals surface area contributed by atoms with Crippen LogP contribution in [0.1, 0.15) is 18.3 Å². The number of carbonyl (C=O) groups excluding carboxylic acids is 1. The van der Waals surface area contributed by atoms with Gasteiger partial charge in [0, 0.05) is 47.0 Å². The third-order valence-electron chi connectivity index (χ3n) is 3.86. The number of oxime groups is 1. The molecule has 13 heteroatoms. The van der Waals surface area contributed by atoms with Crippen LogP contribution in [0, 0.1) is 0 Å². The Bertz CT molecular complexity index is 998. The summed E-state index contributed by atoms with van der Waals surface area (Å²) in [6.07, 6.45) is 1.93. The van der Waals surface area contributed by atoms with Crippen LogP contribution in [0.25, 0.3) is 0 Å². The van der Waals surface area contributed by atoms with Gasteiger partial charge in [-0.05, 0) is 12.1 Å². The van der Waals surface area contributed by atoms with Gasteiger partial charge in [0.15, 0.2) is 10.8 Å². The third kappa shape index (κ3) is 7.93. The molecule has 0 fully saturated rings. The number of amides is 1. The molecule has 1 aromatic carbocycles. The van der Waals surface area contributed by atoms with Crippen molar-refractivity contribution in [3.05, 3.63) is 40.9 Å². The monoisotopic (exact) mass is 488 g/mol. The summed E-state index contributed by atoms with van der Waals surface area (Å²) in [5.74, 6) is -0.582. The van der Waals surface area contributed by atoms with Gasteiger partial charge in [0.05, 0.1) is 23.0 Å². The van der Waals surface area contributed by atoms with E-state index in [1.807, 2.05) is 0 Å². The number of rotatable bonds is 14. The number of hydrogen-bond acceptors (Lipinski definition) is 10. The molecule has 0 saturated carbocycles. The molecule has 0 spiro atoms. The number of nitrogens with zero attached hydrogens (tertiary/aromatic N) is 2. The summed E-state index contributed by atoms with van der Waals surface area (Å²) in [7, 11) is -0.688. The second-order valence-corrected chi connectivity index (χ2v) is 9.17. The van der Waals surface area contributed by atoms with Crippen LogP contribution in [0.4, 0.5) is 5.13 Å². The van der Waals surface area contributed by atoms with Gasteiger partial charge in [-0.2, -0.15) is 0 Å². The molecule has 0 unspecified atom stereocenters. The summed E-state index contributed by atoms with van der Waals surface area (Å²) in [4.78, 5) is 22.9. The summed E-state index contributed by atoms with van der Waals surface area (Å²) >= 11 is 1.25. The molecule has 0 aliphatic carbocycles. The molecule has 3 N–H and O–H groups in total. The van der Waals surface area contributed by atoms with E-state index >= 15 is 0 Å². The standard InChI is InChI=1S/C19H26N4O7S2.H2/c1-28-11-8-21-32(26,27)16-6-4-14(5-7-16)17(23-30-10-3-9-24)18(25)22-19-20-12-15(31-19)13-29-2;/h4-7,12,21,24H,3,8-11,13H2,1-2H3,(H,20,22,25);1H/b23-17+;. The summed E-state index contributed by atoms with van der Waals surface area (Å²) in [5.41, 5.74) is 0.277. The SMILES string of the molecule is COCCNS(=O)(=O)c1ccc(/C(=N\OCCCO)C(=O)Nc2ncc(COC)s2)cc1.[HH]. The Kier molecular flexibility index (Phi) is 10.7. The summed E-state index contributed by atoms with van der Waals surface area (Å²) in [5, 5.41) is 15.8. The Morgan fingerprint density at radius 1 is 1.22 bits per heavy atom. The quantitative estimate of drug-likeness (QED) is 0.204. The summed E-state index contributed by atoms with van der Waals surface area (Å²) in [6.45, 7) is 0.766. The number of methoxy groups -OCH3 is 2. The number of anilines is 1. The van der Waals surface area contributed by atoms with Gasteiger partial charge in [-0.3, -0.25) is 10.1 Å². The molecule has 0 radical (unpaired) electrons. The van der Waals surface area contributed by atoms with Crippen LogP contribution in [0.2, 0.25) is 0 Å². The Labute approximate surface area is 191 Å². The van der Waals surface area contributed by atoms with E-state index in [1.54, 1.807) is 13.3 Å². The summed E-state index contributed by atoms with van der Waals surface area (Å²) < 4.78 is 36.9. The maximum absolute atomic E-state index is 12.8. The first-order valence-corrected chi connectivity index (χ1v) is 11.9. The van der Waals surface area contributed by atoms with Crippen molar-refractivity contribution in [1.29, 1.82) is 0 Å². The van der Waals surface area contributed by atoms with Crippen molar-refractivity contribution in [1.82, 2.24) is 9.71 Å². The maximum Gasteiger partial charge on any atom is 0.280 e. The fraction of sp³-hybridized carbons (Fsp3) is 0.421. The van der Waals surface area contributed by atoms with Crippen LogP contribution >= 0.6 is 11.3 Å². The highest BCUT2D eigenvalue weighted by molar-refractivity contribution is 7.89. The lowest BCUT2D eigenvalue weighted by atomic mass is 10.1. The number of carbonyl (C=O) groups is 1. The maximum atomic E-state index is 12.8.